The molecule has 0 radical (unpaired) electrons. The highest BCUT2D eigenvalue weighted by molar-refractivity contribution is 7.99. The zero-order valence-electron chi connectivity index (χ0n) is 19.6. The molecule has 0 bridgehead atoms. The van der Waals surface area contributed by atoms with Gasteiger partial charge in [0, 0.05) is 21.2 Å². The van der Waals surface area contributed by atoms with E-state index >= 15 is 0 Å². The summed E-state index contributed by atoms with van der Waals surface area (Å²) in [7, 11) is -4.16. The van der Waals surface area contributed by atoms with Gasteiger partial charge in [-0.15, -0.1) is 16.2 Å². The zero-order valence-corrected chi connectivity index (χ0v) is 22.0. The second kappa shape index (κ2) is 10.3. The van der Waals surface area contributed by atoms with E-state index in [4.69, 9.17) is 17.3 Å². The summed E-state index contributed by atoms with van der Waals surface area (Å²) in [4.78, 5) is 0.575. The molecule has 0 saturated carbocycles. The van der Waals surface area contributed by atoms with Crippen LogP contribution in [-0.4, -0.2) is 24.2 Å². The van der Waals surface area contributed by atoms with E-state index in [1.165, 1.54) is 16.4 Å². The summed E-state index contributed by atoms with van der Waals surface area (Å²) in [6.07, 6.45) is 0. The van der Waals surface area contributed by atoms with Crippen molar-refractivity contribution in [3.8, 4) is 11.3 Å². The van der Waals surface area contributed by atoms with Crippen LogP contribution in [0.2, 0.25) is 5.02 Å². The van der Waals surface area contributed by atoms with Gasteiger partial charge in [-0.25, -0.2) is 0 Å². The van der Waals surface area contributed by atoms with Gasteiger partial charge in [0.1, 0.15) is 4.90 Å². The molecule has 0 aliphatic heterocycles. The van der Waals surface area contributed by atoms with Gasteiger partial charge in [-0.1, -0.05) is 66.2 Å². The Balaban J connectivity index is 1.74. The number of benzene rings is 3. The third kappa shape index (κ3) is 5.61. The normalized spacial score (nSPS) is 12.2. The summed E-state index contributed by atoms with van der Waals surface area (Å²) < 4.78 is 32.3. The topological polar surface area (TPSA) is 90.3 Å². The van der Waals surface area contributed by atoms with Crippen molar-refractivity contribution in [1.29, 1.82) is 0 Å². The maximum absolute atomic E-state index is 13.5. The van der Waals surface area contributed by atoms with E-state index < -0.39 is 10.0 Å². The quantitative estimate of drug-likeness (QED) is 0.190. The first kappa shape index (κ1) is 25.0. The fourth-order valence-electron chi connectivity index (χ4n) is 3.58. The minimum Gasteiger partial charge on any atom is -0.367 e. The predicted molar refractivity (Wildman–Crippen MR) is 144 cm³/mol. The lowest BCUT2D eigenvalue weighted by atomic mass is 10.1. The third-order valence-corrected chi connectivity index (χ3v) is 8.44. The van der Waals surface area contributed by atoms with Crippen LogP contribution in [0.3, 0.4) is 0 Å². The number of halogens is 1. The Morgan fingerprint density at radius 3 is 2.40 bits per heavy atom. The van der Waals surface area contributed by atoms with E-state index in [1.54, 1.807) is 19.1 Å². The maximum atomic E-state index is 13.5. The van der Waals surface area contributed by atoms with Crippen LogP contribution < -0.4 is 5.73 Å². The number of nitrogens with two attached hydrogens (primary N) is 1. The average molecular weight is 525 g/mol. The first-order valence-electron chi connectivity index (χ1n) is 10.9. The molecule has 4 aromatic rings. The smallest absolute Gasteiger partial charge is 0.286 e. The highest BCUT2D eigenvalue weighted by Gasteiger charge is 2.22. The van der Waals surface area contributed by atoms with Gasteiger partial charge in [0.15, 0.2) is 0 Å². The summed E-state index contributed by atoms with van der Waals surface area (Å²) >= 11 is 7.75. The van der Waals surface area contributed by atoms with Gasteiger partial charge in [-0.2, -0.15) is 18.2 Å². The standard InChI is InChI=1S/C26H25ClN4O2S2/c1-17-9-7-8-12-21(17)16-34-24-15-22(27)18(2)13-25(24)35(32,33)30-26(28)31-23(14-19(3)29-31)20-10-5-4-6-11-20/h4-15H,16H2,1-3H3,(H2,28,30). The van der Waals surface area contributed by atoms with Crippen LogP contribution in [0.4, 0.5) is 0 Å². The van der Waals surface area contributed by atoms with Crippen LogP contribution in [0.15, 0.2) is 87.0 Å². The highest BCUT2D eigenvalue weighted by Crippen LogP contribution is 2.35. The molecule has 6 nitrogen and oxygen atoms in total. The SMILES string of the molecule is Cc1cc(-c2ccccc2)n(C(N)=NS(=O)(=O)c2cc(C)c(Cl)cc2SCc2ccccc2C)n1. The Kier molecular flexibility index (Phi) is 7.35. The molecule has 1 heterocycles. The molecule has 3 aromatic carbocycles. The van der Waals surface area contributed by atoms with Crippen molar-refractivity contribution in [2.75, 3.05) is 0 Å². The Morgan fingerprint density at radius 2 is 1.69 bits per heavy atom. The molecular weight excluding hydrogens is 500 g/mol. The number of rotatable bonds is 6. The summed E-state index contributed by atoms with van der Waals surface area (Å²) in [6.45, 7) is 5.60. The molecule has 2 N–H and O–H groups in total. The van der Waals surface area contributed by atoms with Crippen molar-refractivity contribution in [2.24, 2.45) is 10.1 Å². The molecule has 0 amide bonds. The van der Waals surface area contributed by atoms with Crippen LogP contribution in [0.25, 0.3) is 11.3 Å². The lowest BCUT2D eigenvalue weighted by Crippen LogP contribution is -2.26. The predicted octanol–water partition coefficient (Wildman–Crippen LogP) is 5.97. The van der Waals surface area contributed by atoms with Crippen molar-refractivity contribution in [3.63, 3.8) is 0 Å². The summed E-state index contributed by atoms with van der Waals surface area (Å²) in [5.74, 6) is 0.351. The van der Waals surface area contributed by atoms with E-state index in [0.29, 0.717) is 32.6 Å². The second-order valence-electron chi connectivity index (χ2n) is 8.14. The van der Waals surface area contributed by atoms with E-state index in [9.17, 15) is 8.42 Å². The van der Waals surface area contributed by atoms with Crippen LogP contribution in [0.1, 0.15) is 22.4 Å². The fraction of sp³-hybridized carbons (Fsp3) is 0.154. The van der Waals surface area contributed by atoms with E-state index in [1.807, 2.05) is 74.5 Å². The molecule has 1 aromatic heterocycles. The van der Waals surface area contributed by atoms with Crippen molar-refractivity contribution in [2.45, 2.75) is 36.3 Å². The lowest BCUT2D eigenvalue weighted by molar-refractivity contribution is 0.595. The molecule has 4 rings (SSSR count). The molecule has 9 heteroatoms. The molecule has 35 heavy (non-hydrogen) atoms. The number of nitrogens with zero attached hydrogens (tertiary/aromatic N) is 3. The maximum Gasteiger partial charge on any atom is 0.286 e. The molecule has 0 fully saturated rings. The molecule has 0 aliphatic carbocycles. The zero-order chi connectivity index (χ0) is 25.2. The van der Waals surface area contributed by atoms with E-state index in [2.05, 4.69) is 9.50 Å². The molecular formula is C26H25ClN4O2S2. The van der Waals surface area contributed by atoms with Gasteiger partial charge < -0.3 is 5.73 Å². The summed E-state index contributed by atoms with van der Waals surface area (Å²) in [5.41, 5.74) is 11.3. The van der Waals surface area contributed by atoms with Crippen molar-refractivity contribution >= 4 is 39.3 Å². The largest absolute Gasteiger partial charge is 0.367 e. The van der Waals surface area contributed by atoms with Crippen molar-refractivity contribution in [1.82, 2.24) is 9.78 Å². The number of thioether (sulfide) groups is 1. The third-order valence-electron chi connectivity index (χ3n) is 5.48. The van der Waals surface area contributed by atoms with Gasteiger partial charge in [0.05, 0.1) is 11.4 Å². The molecule has 0 saturated heterocycles. The Morgan fingerprint density at radius 1 is 1.00 bits per heavy atom. The number of aromatic nitrogens is 2. The van der Waals surface area contributed by atoms with Gasteiger partial charge in [0.2, 0.25) is 5.96 Å². The first-order chi connectivity index (χ1) is 16.7. The Bertz CT molecular complexity index is 1510. The second-order valence-corrected chi connectivity index (χ2v) is 11.1. The van der Waals surface area contributed by atoms with Crippen LogP contribution in [-0.2, 0) is 15.8 Å². The first-order valence-corrected chi connectivity index (χ1v) is 13.7. The van der Waals surface area contributed by atoms with E-state index in [-0.39, 0.29) is 10.9 Å². The average Bonchev–Trinajstić information content (AvgIpc) is 3.22. The molecule has 0 atom stereocenters. The van der Waals surface area contributed by atoms with Gasteiger partial charge >= 0.3 is 0 Å². The number of aryl methyl sites for hydroxylation is 3. The number of hydrogen-bond donors (Lipinski definition) is 1. The molecule has 0 unspecified atom stereocenters. The lowest BCUT2D eigenvalue weighted by Gasteiger charge is -2.12. The molecule has 0 spiro atoms. The fourth-order valence-corrected chi connectivity index (χ4v) is 6.40. The van der Waals surface area contributed by atoms with Crippen LogP contribution in [0.5, 0.6) is 0 Å². The van der Waals surface area contributed by atoms with Crippen LogP contribution >= 0.6 is 23.4 Å². The van der Waals surface area contributed by atoms with Crippen molar-refractivity contribution < 1.29 is 8.42 Å². The minimum atomic E-state index is -4.16. The Hall–Kier alpha value is -3.07. The molecule has 180 valence electrons. The Labute approximate surface area is 214 Å². The van der Waals surface area contributed by atoms with E-state index in [0.717, 1.165) is 16.7 Å². The summed E-state index contributed by atoms with van der Waals surface area (Å²) in [5, 5.41) is 4.86. The number of sulfonamides is 1. The van der Waals surface area contributed by atoms with Gasteiger partial charge in [0.25, 0.3) is 10.0 Å². The van der Waals surface area contributed by atoms with Crippen molar-refractivity contribution in [3.05, 3.63) is 100 Å². The number of hydrogen-bond acceptors (Lipinski definition) is 4. The monoisotopic (exact) mass is 524 g/mol. The summed E-state index contributed by atoms with van der Waals surface area (Å²) in [6, 6.07) is 22.5. The van der Waals surface area contributed by atoms with Crippen LogP contribution in [0, 0.1) is 20.8 Å². The molecule has 0 aliphatic rings. The van der Waals surface area contributed by atoms with Gasteiger partial charge in [-0.05, 0) is 55.7 Å². The van der Waals surface area contributed by atoms with Gasteiger partial charge in [-0.3, -0.25) is 0 Å². The highest BCUT2D eigenvalue weighted by atomic mass is 35.5. The minimum absolute atomic E-state index is 0.0612.